The van der Waals surface area contributed by atoms with Crippen molar-refractivity contribution in [3.05, 3.63) is 65.9 Å². The Bertz CT molecular complexity index is 1010. The summed E-state index contributed by atoms with van der Waals surface area (Å²) in [6, 6.07) is 14.7. The minimum atomic E-state index is -0.245. The molecule has 1 N–H and O–H groups in total. The van der Waals surface area contributed by atoms with Gasteiger partial charge in [0, 0.05) is 17.7 Å². The van der Waals surface area contributed by atoms with E-state index in [1.165, 1.54) is 6.08 Å². The maximum Gasteiger partial charge on any atom is 0.244 e. The molecule has 0 saturated heterocycles. The summed E-state index contributed by atoms with van der Waals surface area (Å²) in [5.74, 6) is 2.32. The predicted molar refractivity (Wildman–Crippen MR) is 109 cm³/mol. The van der Waals surface area contributed by atoms with Crippen molar-refractivity contribution in [2.45, 2.75) is 6.54 Å². The van der Waals surface area contributed by atoms with E-state index in [0.29, 0.717) is 23.0 Å². The Morgan fingerprint density at radius 2 is 1.86 bits per heavy atom. The Morgan fingerprint density at radius 3 is 2.62 bits per heavy atom. The van der Waals surface area contributed by atoms with Crippen LogP contribution in [0.2, 0.25) is 0 Å². The van der Waals surface area contributed by atoms with Gasteiger partial charge < -0.3 is 24.1 Å². The molecule has 0 saturated carbocycles. The summed E-state index contributed by atoms with van der Waals surface area (Å²) in [6.07, 6.45) is 3.14. The number of ether oxygens (including phenoxy) is 3. The largest absolute Gasteiger partial charge is 0.497 e. The quantitative estimate of drug-likeness (QED) is 0.587. The molecule has 1 amide bonds. The van der Waals surface area contributed by atoms with Crippen LogP contribution in [-0.4, -0.2) is 32.4 Å². The van der Waals surface area contributed by atoms with Gasteiger partial charge in [-0.2, -0.15) is 0 Å². The molecule has 29 heavy (non-hydrogen) atoms. The highest BCUT2D eigenvalue weighted by atomic mass is 16.5. The molecule has 0 aliphatic carbocycles. The normalized spacial score (nSPS) is 10.7. The summed E-state index contributed by atoms with van der Waals surface area (Å²) >= 11 is 0. The maximum absolute atomic E-state index is 12.1. The summed E-state index contributed by atoms with van der Waals surface area (Å²) in [5, 5.41) is 6.77. The SMILES string of the molecule is COc1cccc(-c2cc(CNC(=O)/C=C/c3ccc(OC)c(OC)c3)no2)c1. The number of hydrogen-bond acceptors (Lipinski definition) is 6. The summed E-state index contributed by atoms with van der Waals surface area (Å²) in [5.41, 5.74) is 2.29. The van der Waals surface area contributed by atoms with Crippen LogP contribution in [0.1, 0.15) is 11.3 Å². The van der Waals surface area contributed by atoms with Gasteiger partial charge in [-0.1, -0.05) is 23.4 Å². The van der Waals surface area contributed by atoms with Gasteiger partial charge in [-0.05, 0) is 35.9 Å². The molecule has 0 aliphatic heterocycles. The fourth-order valence-electron chi connectivity index (χ4n) is 2.67. The van der Waals surface area contributed by atoms with E-state index in [9.17, 15) is 4.79 Å². The van der Waals surface area contributed by atoms with Gasteiger partial charge in [0.1, 0.15) is 11.4 Å². The summed E-state index contributed by atoms with van der Waals surface area (Å²) in [6.45, 7) is 0.253. The first kappa shape index (κ1) is 20.0. The third-order valence-electron chi connectivity index (χ3n) is 4.19. The van der Waals surface area contributed by atoms with E-state index in [1.807, 2.05) is 30.3 Å². The number of nitrogens with one attached hydrogen (secondary N) is 1. The molecule has 0 radical (unpaired) electrons. The molecular weight excluding hydrogens is 372 g/mol. The fraction of sp³-hybridized carbons (Fsp3) is 0.182. The van der Waals surface area contributed by atoms with Crippen LogP contribution in [0.3, 0.4) is 0 Å². The zero-order valence-electron chi connectivity index (χ0n) is 16.5. The van der Waals surface area contributed by atoms with Crippen molar-refractivity contribution < 1.29 is 23.5 Å². The van der Waals surface area contributed by atoms with Gasteiger partial charge in [-0.25, -0.2) is 0 Å². The number of rotatable bonds is 8. The van der Waals surface area contributed by atoms with Crippen molar-refractivity contribution in [2.75, 3.05) is 21.3 Å². The molecule has 7 nitrogen and oxygen atoms in total. The molecule has 150 valence electrons. The molecule has 1 aromatic heterocycles. The highest BCUT2D eigenvalue weighted by Gasteiger charge is 2.08. The van der Waals surface area contributed by atoms with Gasteiger partial charge in [0.25, 0.3) is 0 Å². The number of nitrogens with zero attached hydrogens (tertiary/aromatic N) is 1. The number of benzene rings is 2. The molecule has 0 aliphatic rings. The minimum Gasteiger partial charge on any atom is -0.497 e. The van der Waals surface area contributed by atoms with E-state index in [4.69, 9.17) is 18.7 Å². The second-order valence-corrected chi connectivity index (χ2v) is 6.08. The van der Waals surface area contributed by atoms with E-state index in [1.54, 1.807) is 45.6 Å². The second kappa shape index (κ2) is 9.45. The molecule has 7 heteroatoms. The predicted octanol–water partition coefficient (Wildman–Crippen LogP) is 3.70. The van der Waals surface area contributed by atoms with E-state index in [-0.39, 0.29) is 12.5 Å². The van der Waals surface area contributed by atoms with Crippen molar-refractivity contribution in [3.8, 4) is 28.6 Å². The highest BCUT2D eigenvalue weighted by molar-refractivity contribution is 5.91. The van der Waals surface area contributed by atoms with Crippen LogP contribution in [-0.2, 0) is 11.3 Å². The zero-order valence-corrected chi connectivity index (χ0v) is 16.5. The molecule has 0 fully saturated rings. The molecule has 0 unspecified atom stereocenters. The van der Waals surface area contributed by atoms with E-state index < -0.39 is 0 Å². The van der Waals surface area contributed by atoms with Crippen LogP contribution in [0.15, 0.2) is 59.1 Å². The van der Waals surface area contributed by atoms with Crippen LogP contribution >= 0.6 is 0 Å². The minimum absolute atomic E-state index is 0.245. The average molecular weight is 394 g/mol. The number of carbonyl (C=O) groups is 1. The number of aromatic nitrogens is 1. The van der Waals surface area contributed by atoms with Gasteiger partial charge in [-0.3, -0.25) is 4.79 Å². The Morgan fingerprint density at radius 1 is 1.03 bits per heavy atom. The van der Waals surface area contributed by atoms with Crippen LogP contribution in [0, 0.1) is 0 Å². The Balaban J connectivity index is 1.58. The van der Waals surface area contributed by atoms with Crippen molar-refractivity contribution in [1.29, 1.82) is 0 Å². The average Bonchev–Trinajstić information content (AvgIpc) is 3.25. The van der Waals surface area contributed by atoms with E-state index >= 15 is 0 Å². The molecule has 3 rings (SSSR count). The van der Waals surface area contributed by atoms with Gasteiger partial charge in [0.2, 0.25) is 5.91 Å². The monoisotopic (exact) mass is 394 g/mol. The molecule has 0 bridgehead atoms. The highest BCUT2D eigenvalue weighted by Crippen LogP contribution is 2.28. The van der Waals surface area contributed by atoms with E-state index in [2.05, 4.69) is 10.5 Å². The fourth-order valence-corrected chi connectivity index (χ4v) is 2.67. The molecule has 0 atom stereocenters. The lowest BCUT2D eigenvalue weighted by Crippen LogP contribution is -2.20. The molecule has 3 aromatic rings. The Labute approximate surface area is 168 Å². The number of methoxy groups -OCH3 is 3. The second-order valence-electron chi connectivity index (χ2n) is 6.08. The van der Waals surface area contributed by atoms with Gasteiger partial charge in [0.15, 0.2) is 17.3 Å². The van der Waals surface area contributed by atoms with Gasteiger partial charge in [-0.15, -0.1) is 0 Å². The maximum atomic E-state index is 12.1. The first-order chi connectivity index (χ1) is 14.1. The third-order valence-corrected chi connectivity index (χ3v) is 4.19. The number of amides is 1. The van der Waals surface area contributed by atoms with Crippen LogP contribution in [0.25, 0.3) is 17.4 Å². The first-order valence-electron chi connectivity index (χ1n) is 8.91. The smallest absolute Gasteiger partial charge is 0.244 e. The Kier molecular flexibility index (Phi) is 6.52. The molecule has 2 aromatic carbocycles. The summed E-state index contributed by atoms with van der Waals surface area (Å²) in [7, 11) is 4.75. The first-order valence-corrected chi connectivity index (χ1v) is 8.91. The summed E-state index contributed by atoms with van der Waals surface area (Å²) in [4.78, 5) is 12.1. The van der Waals surface area contributed by atoms with Gasteiger partial charge in [0.05, 0.1) is 27.9 Å². The lowest BCUT2D eigenvalue weighted by Gasteiger charge is -2.07. The molecule has 0 spiro atoms. The third kappa shape index (κ3) is 5.16. The van der Waals surface area contributed by atoms with Crippen LogP contribution in [0.5, 0.6) is 17.2 Å². The molecular formula is C22H22N2O5. The Hall–Kier alpha value is -3.74. The lowest BCUT2D eigenvalue weighted by molar-refractivity contribution is -0.116. The number of carbonyl (C=O) groups excluding carboxylic acids is 1. The summed E-state index contributed by atoms with van der Waals surface area (Å²) < 4.78 is 21.0. The topological polar surface area (TPSA) is 82.8 Å². The zero-order chi connectivity index (χ0) is 20.6. The van der Waals surface area contributed by atoms with Crippen LogP contribution < -0.4 is 19.5 Å². The van der Waals surface area contributed by atoms with E-state index in [0.717, 1.165) is 16.9 Å². The van der Waals surface area contributed by atoms with Crippen molar-refractivity contribution in [1.82, 2.24) is 10.5 Å². The standard InChI is InChI=1S/C22H22N2O5/c1-26-18-6-4-5-16(12-18)20-13-17(24-29-20)14-23-22(25)10-8-15-7-9-19(27-2)21(11-15)28-3/h4-13H,14H2,1-3H3,(H,23,25)/b10-8+. The van der Waals surface area contributed by atoms with Crippen molar-refractivity contribution >= 4 is 12.0 Å². The lowest BCUT2D eigenvalue weighted by atomic mass is 10.1. The van der Waals surface area contributed by atoms with Crippen LogP contribution in [0.4, 0.5) is 0 Å². The van der Waals surface area contributed by atoms with Crippen molar-refractivity contribution in [3.63, 3.8) is 0 Å². The van der Waals surface area contributed by atoms with Crippen molar-refractivity contribution in [2.24, 2.45) is 0 Å². The molecule has 1 heterocycles. The van der Waals surface area contributed by atoms with Gasteiger partial charge >= 0.3 is 0 Å². The number of hydrogen-bond donors (Lipinski definition) is 1.